The van der Waals surface area contributed by atoms with Gasteiger partial charge in [0.15, 0.2) is 5.11 Å². The van der Waals surface area contributed by atoms with E-state index >= 15 is 0 Å². The highest BCUT2D eigenvalue weighted by Gasteiger charge is 2.16. The van der Waals surface area contributed by atoms with Gasteiger partial charge in [-0.15, -0.1) is 0 Å². The van der Waals surface area contributed by atoms with Crippen LogP contribution in [0.15, 0.2) is 42.5 Å². The maximum absolute atomic E-state index is 12.1. The van der Waals surface area contributed by atoms with E-state index in [1.54, 1.807) is 12.1 Å². The number of hydrogen-bond acceptors (Lipinski definition) is 3. The molecule has 146 valence electrons. The molecule has 0 fully saturated rings. The van der Waals surface area contributed by atoms with Crippen LogP contribution in [0.2, 0.25) is 0 Å². The summed E-state index contributed by atoms with van der Waals surface area (Å²) in [6, 6.07) is 11.3. The first kappa shape index (κ1) is 22.8. The summed E-state index contributed by atoms with van der Waals surface area (Å²) in [4.78, 5) is 23.6. The van der Waals surface area contributed by atoms with Gasteiger partial charge >= 0.3 is 5.97 Å². The molecule has 0 aliphatic heterocycles. The molecule has 0 radical (unpaired) electrons. The normalized spacial score (nSPS) is 10.9. The molecule has 0 spiro atoms. The van der Waals surface area contributed by atoms with Crippen molar-refractivity contribution in [3.8, 4) is 0 Å². The number of aromatic carboxylic acids is 1. The number of anilines is 1. The van der Waals surface area contributed by atoms with Gasteiger partial charge in [0.2, 0.25) is 5.91 Å². The molecule has 2 aromatic rings. The predicted molar refractivity (Wildman–Crippen MR) is 133 cm³/mol. The van der Waals surface area contributed by atoms with E-state index < -0.39 is 11.9 Å². The molecule has 0 saturated carbocycles. The molecule has 0 bridgehead atoms. The number of carboxylic acids is 1. The molecule has 5 nitrogen and oxygen atoms in total. The first-order valence-corrected chi connectivity index (χ1v) is 10.9. The summed E-state index contributed by atoms with van der Waals surface area (Å²) in [7, 11) is 0. The molecule has 2 rings (SSSR count). The van der Waals surface area contributed by atoms with Crippen LogP contribution in [0.25, 0.3) is 6.08 Å². The molecule has 0 aromatic heterocycles. The Hall–Kier alpha value is -1.53. The number of carbonyl (C=O) groups excluding carboxylic acids is 1. The van der Waals surface area contributed by atoms with Crippen molar-refractivity contribution in [3.63, 3.8) is 0 Å². The summed E-state index contributed by atoms with van der Waals surface area (Å²) in [5, 5.41) is 14.8. The lowest BCUT2D eigenvalue weighted by Crippen LogP contribution is -2.33. The second-order valence-electron chi connectivity index (χ2n) is 6.21. The molecule has 0 aliphatic rings. The standard InChI is InChI=1S/C20H18I2N2O3S/c1-11(2)13-6-3-12(4-7-13)5-8-17(25)23-20(28)24-18-15(19(26)27)9-14(21)10-16(18)22/h3-11H,1-2H3,(H,26,27)(H2,23,24,25,28)/b8-5+. The van der Waals surface area contributed by atoms with Crippen LogP contribution in [0.4, 0.5) is 5.69 Å². The van der Waals surface area contributed by atoms with Crippen LogP contribution in [0, 0.1) is 7.14 Å². The molecule has 3 N–H and O–H groups in total. The second kappa shape index (κ2) is 10.3. The Kier molecular flexibility index (Phi) is 8.38. The molecule has 0 heterocycles. The Labute approximate surface area is 196 Å². The number of nitrogens with one attached hydrogen (secondary N) is 2. The molecule has 8 heteroatoms. The van der Waals surface area contributed by atoms with Gasteiger partial charge in [0.25, 0.3) is 0 Å². The zero-order chi connectivity index (χ0) is 20.8. The summed E-state index contributed by atoms with van der Waals surface area (Å²) >= 11 is 9.23. The fourth-order valence-electron chi connectivity index (χ4n) is 2.33. The molecular formula is C20H18I2N2O3S. The Balaban J connectivity index is 2.03. The summed E-state index contributed by atoms with van der Waals surface area (Å²) in [5.41, 5.74) is 2.58. The number of benzene rings is 2. The van der Waals surface area contributed by atoms with E-state index in [2.05, 4.69) is 24.5 Å². The zero-order valence-electron chi connectivity index (χ0n) is 15.1. The molecule has 28 heavy (non-hydrogen) atoms. The summed E-state index contributed by atoms with van der Waals surface area (Å²) in [5.74, 6) is -1.02. The van der Waals surface area contributed by atoms with Gasteiger partial charge < -0.3 is 10.4 Å². The van der Waals surface area contributed by atoms with Gasteiger partial charge in [-0.3, -0.25) is 10.1 Å². The quantitative estimate of drug-likeness (QED) is 0.242. The number of hydrogen-bond donors (Lipinski definition) is 3. The van der Waals surface area contributed by atoms with E-state index in [-0.39, 0.29) is 10.7 Å². The lowest BCUT2D eigenvalue weighted by atomic mass is 10.0. The molecule has 0 saturated heterocycles. The highest BCUT2D eigenvalue weighted by atomic mass is 127. The first-order valence-electron chi connectivity index (χ1n) is 8.29. The summed E-state index contributed by atoms with van der Waals surface area (Å²) in [6.07, 6.45) is 3.08. The Morgan fingerprint density at radius 2 is 1.79 bits per heavy atom. The van der Waals surface area contributed by atoms with Crippen molar-refractivity contribution in [2.75, 3.05) is 5.32 Å². The summed E-state index contributed by atoms with van der Waals surface area (Å²) < 4.78 is 1.49. The number of carbonyl (C=O) groups is 2. The fourth-order valence-corrected chi connectivity index (χ4v) is 4.51. The zero-order valence-corrected chi connectivity index (χ0v) is 20.3. The lowest BCUT2D eigenvalue weighted by molar-refractivity contribution is -0.115. The van der Waals surface area contributed by atoms with Gasteiger partial charge in [0, 0.05) is 13.2 Å². The third kappa shape index (κ3) is 6.52. The number of thiocarbonyl (C=S) groups is 1. The van der Waals surface area contributed by atoms with Crippen LogP contribution >= 0.6 is 57.4 Å². The van der Waals surface area contributed by atoms with Crippen molar-refractivity contribution in [2.24, 2.45) is 0 Å². The minimum atomic E-state index is -1.07. The lowest BCUT2D eigenvalue weighted by Gasteiger charge is -2.13. The van der Waals surface area contributed by atoms with Crippen molar-refractivity contribution >= 4 is 86.2 Å². The van der Waals surface area contributed by atoms with E-state index in [0.717, 1.165) is 9.13 Å². The van der Waals surface area contributed by atoms with Crippen LogP contribution in [0.3, 0.4) is 0 Å². The monoisotopic (exact) mass is 620 g/mol. The minimum absolute atomic E-state index is 0.0337. The Bertz CT molecular complexity index is 941. The van der Waals surface area contributed by atoms with Crippen molar-refractivity contribution in [3.05, 3.63) is 66.3 Å². The van der Waals surface area contributed by atoms with Gasteiger partial charge in [-0.2, -0.15) is 0 Å². The second-order valence-corrected chi connectivity index (χ2v) is 9.03. The molecule has 2 aromatic carbocycles. The number of halogens is 2. The smallest absolute Gasteiger partial charge is 0.337 e. The van der Waals surface area contributed by atoms with Crippen LogP contribution in [-0.4, -0.2) is 22.1 Å². The molecule has 1 amide bonds. The summed E-state index contributed by atoms with van der Waals surface area (Å²) in [6.45, 7) is 4.24. The van der Waals surface area contributed by atoms with Gasteiger partial charge in [0.1, 0.15) is 0 Å². The highest BCUT2D eigenvalue weighted by Crippen LogP contribution is 2.26. The number of carboxylic acid groups (broad SMARTS) is 1. The molecule has 0 unspecified atom stereocenters. The van der Waals surface area contributed by atoms with Crippen molar-refractivity contribution in [1.82, 2.24) is 5.32 Å². The maximum Gasteiger partial charge on any atom is 0.337 e. The minimum Gasteiger partial charge on any atom is -0.478 e. The molecular weight excluding hydrogens is 602 g/mol. The van der Waals surface area contributed by atoms with Gasteiger partial charge in [-0.25, -0.2) is 4.79 Å². The number of rotatable bonds is 5. The largest absolute Gasteiger partial charge is 0.478 e. The fraction of sp³-hybridized carbons (Fsp3) is 0.150. The van der Waals surface area contributed by atoms with Gasteiger partial charge in [0.05, 0.1) is 11.3 Å². The van der Waals surface area contributed by atoms with Crippen molar-refractivity contribution in [2.45, 2.75) is 19.8 Å². The van der Waals surface area contributed by atoms with Crippen LogP contribution in [0.5, 0.6) is 0 Å². The average molecular weight is 620 g/mol. The van der Waals surface area contributed by atoms with Crippen LogP contribution in [-0.2, 0) is 4.79 Å². The maximum atomic E-state index is 12.1. The van der Waals surface area contributed by atoms with Crippen LogP contribution in [0.1, 0.15) is 41.3 Å². The topological polar surface area (TPSA) is 78.4 Å². The Morgan fingerprint density at radius 1 is 1.14 bits per heavy atom. The molecule has 0 atom stereocenters. The van der Waals surface area contributed by atoms with Crippen LogP contribution < -0.4 is 10.6 Å². The van der Waals surface area contributed by atoms with E-state index in [4.69, 9.17) is 12.2 Å². The first-order chi connectivity index (χ1) is 13.2. The van der Waals surface area contributed by atoms with E-state index in [1.165, 1.54) is 11.6 Å². The SMILES string of the molecule is CC(C)c1ccc(/C=C/C(=O)NC(=S)Nc2c(I)cc(I)cc2C(=O)O)cc1. The van der Waals surface area contributed by atoms with Gasteiger partial charge in [-0.05, 0) is 92.7 Å². The van der Waals surface area contributed by atoms with E-state index in [1.807, 2.05) is 75.5 Å². The highest BCUT2D eigenvalue weighted by molar-refractivity contribution is 14.1. The van der Waals surface area contributed by atoms with E-state index in [0.29, 0.717) is 15.2 Å². The predicted octanol–water partition coefficient (Wildman–Crippen LogP) is 5.24. The van der Waals surface area contributed by atoms with Gasteiger partial charge in [-0.1, -0.05) is 38.1 Å². The molecule has 0 aliphatic carbocycles. The number of amides is 1. The third-order valence-corrected chi connectivity index (χ3v) is 5.47. The van der Waals surface area contributed by atoms with E-state index in [9.17, 15) is 14.7 Å². The average Bonchev–Trinajstić information content (AvgIpc) is 2.62. The van der Waals surface area contributed by atoms with Crippen molar-refractivity contribution in [1.29, 1.82) is 0 Å². The Morgan fingerprint density at radius 3 is 2.36 bits per heavy atom. The van der Waals surface area contributed by atoms with Crippen molar-refractivity contribution < 1.29 is 14.7 Å². The third-order valence-electron chi connectivity index (χ3n) is 3.79.